The molecule has 4 rings (SSSR count). The minimum absolute atomic E-state index is 0.0201. The zero-order chi connectivity index (χ0) is 24.8. The van der Waals surface area contributed by atoms with Crippen molar-refractivity contribution in [1.82, 2.24) is 4.90 Å². The number of amides is 2. The molecule has 2 aromatic rings. The topological polar surface area (TPSA) is 55.8 Å². The summed E-state index contributed by atoms with van der Waals surface area (Å²) in [6.07, 6.45) is 0.888. The third-order valence-corrected chi connectivity index (χ3v) is 7.65. The SMILES string of the molecule is COc1ccc([C@@H]2CC[C@@H]3C(=O)N(C(=O)OC(C)(C)C)[C@H](C)[C@H]3[C@H]2c2ccc(Cl)cc2)c(Cl)c1. The van der Waals surface area contributed by atoms with Gasteiger partial charge in [-0.05, 0) is 93.7 Å². The smallest absolute Gasteiger partial charge is 0.417 e. The van der Waals surface area contributed by atoms with Crippen molar-refractivity contribution in [1.29, 1.82) is 0 Å². The number of halogens is 2. The number of methoxy groups -OCH3 is 1. The van der Waals surface area contributed by atoms with Crippen LogP contribution in [0.4, 0.5) is 4.79 Å². The second kappa shape index (κ2) is 9.43. The molecule has 1 heterocycles. The summed E-state index contributed by atoms with van der Waals surface area (Å²) < 4.78 is 10.9. The lowest BCUT2D eigenvalue weighted by molar-refractivity contribution is -0.131. The minimum Gasteiger partial charge on any atom is -0.497 e. The molecule has 1 saturated heterocycles. The number of hydrogen-bond acceptors (Lipinski definition) is 4. The van der Waals surface area contributed by atoms with Crippen molar-refractivity contribution in [2.45, 2.75) is 64.0 Å². The number of carbonyl (C=O) groups excluding carboxylic acids is 2. The molecule has 0 radical (unpaired) electrons. The summed E-state index contributed by atoms with van der Waals surface area (Å²) in [4.78, 5) is 27.8. The van der Waals surface area contributed by atoms with Crippen molar-refractivity contribution >= 4 is 35.2 Å². The summed E-state index contributed by atoms with van der Waals surface area (Å²) in [5, 5.41) is 1.30. The average Bonchev–Trinajstić information content (AvgIpc) is 3.02. The van der Waals surface area contributed by atoms with Gasteiger partial charge in [0.2, 0.25) is 5.91 Å². The monoisotopic (exact) mass is 503 g/mol. The van der Waals surface area contributed by atoms with Crippen LogP contribution in [-0.2, 0) is 9.53 Å². The molecule has 2 aliphatic rings. The normalized spacial score (nSPS) is 26.9. The van der Waals surface area contributed by atoms with Gasteiger partial charge >= 0.3 is 6.09 Å². The van der Waals surface area contributed by atoms with Gasteiger partial charge in [-0.2, -0.15) is 0 Å². The highest BCUT2D eigenvalue weighted by Gasteiger charge is 2.56. The maximum atomic E-state index is 13.5. The molecule has 2 fully saturated rings. The van der Waals surface area contributed by atoms with Gasteiger partial charge in [0.25, 0.3) is 0 Å². The van der Waals surface area contributed by atoms with Crippen LogP contribution < -0.4 is 4.74 Å². The van der Waals surface area contributed by atoms with Crippen LogP contribution in [0.2, 0.25) is 10.0 Å². The summed E-state index contributed by atoms with van der Waals surface area (Å²) in [7, 11) is 1.62. The molecular formula is C27H31Cl2NO4. The number of nitrogens with zero attached hydrogens (tertiary/aromatic N) is 1. The summed E-state index contributed by atoms with van der Waals surface area (Å²) in [5.74, 6) is 0.286. The maximum absolute atomic E-state index is 13.5. The van der Waals surface area contributed by atoms with E-state index in [9.17, 15) is 9.59 Å². The largest absolute Gasteiger partial charge is 0.497 e. The lowest BCUT2D eigenvalue weighted by atomic mass is 9.62. The van der Waals surface area contributed by atoms with Crippen LogP contribution >= 0.6 is 23.2 Å². The quantitative estimate of drug-likeness (QED) is 0.449. The first kappa shape index (κ1) is 24.9. The fourth-order valence-electron chi connectivity index (χ4n) is 5.72. The van der Waals surface area contributed by atoms with Crippen molar-refractivity contribution in [3.63, 3.8) is 0 Å². The van der Waals surface area contributed by atoms with E-state index in [2.05, 4.69) is 0 Å². The molecule has 0 N–H and O–H groups in total. The third-order valence-electron chi connectivity index (χ3n) is 7.07. The van der Waals surface area contributed by atoms with E-state index in [1.165, 1.54) is 4.90 Å². The highest BCUT2D eigenvalue weighted by atomic mass is 35.5. The number of likely N-dealkylation sites (tertiary alicyclic amines) is 1. The van der Waals surface area contributed by atoms with Crippen LogP contribution in [0.5, 0.6) is 5.75 Å². The molecule has 182 valence electrons. The van der Waals surface area contributed by atoms with Crippen LogP contribution in [0.15, 0.2) is 42.5 Å². The Kier molecular flexibility index (Phi) is 6.90. The molecule has 5 atom stereocenters. The van der Waals surface area contributed by atoms with Crippen molar-refractivity contribution < 1.29 is 19.1 Å². The summed E-state index contributed by atoms with van der Waals surface area (Å²) in [6.45, 7) is 7.37. The Morgan fingerprint density at radius 2 is 1.68 bits per heavy atom. The Hall–Kier alpha value is -2.24. The van der Waals surface area contributed by atoms with Gasteiger partial charge in [-0.3, -0.25) is 4.79 Å². The van der Waals surface area contributed by atoms with Gasteiger partial charge in [0.05, 0.1) is 7.11 Å². The van der Waals surface area contributed by atoms with E-state index in [-0.39, 0.29) is 35.6 Å². The highest BCUT2D eigenvalue weighted by molar-refractivity contribution is 6.31. The van der Waals surface area contributed by atoms with Crippen LogP contribution in [0.3, 0.4) is 0 Å². The highest BCUT2D eigenvalue weighted by Crippen LogP contribution is 2.56. The minimum atomic E-state index is -0.681. The second-order valence-corrected chi connectivity index (χ2v) is 11.1. The molecular weight excluding hydrogens is 473 g/mol. The number of ether oxygens (including phenoxy) is 2. The number of rotatable bonds is 3. The molecule has 7 heteroatoms. The van der Waals surface area contributed by atoms with Gasteiger partial charge in [0, 0.05) is 22.0 Å². The standard InChI is InChI=1S/C27H31Cl2NO4/c1-15-23-21(25(31)30(15)26(32)34-27(2,3)4)13-12-20(19-11-10-18(33-5)14-22(19)29)24(23)16-6-8-17(28)9-7-16/h6-11,14-15,20-21,23-24H,12-13H2,1-5H3/t15-,20+,21+,23-,24+/m1/s1. The van der Waals surface area contributed by atoms with Crippen molar-refractivity contribution in [2.75, 3.05) is 7.11 Å². The molecule has 0 unspecified atom stereocenters. The zero-order valence-corrected chi connectivity index (χ0v) is 21.7. The molecule has 0 aromatic heterocycles. The zero-order valence-electron chi connectivity index (χ0n) is 20.2. The van der Waals surface area contributed by atoms with Gasteiger partial charge < -0.3 is 9.47 Å². The number of benzene rings is 2. The Morgan fingerprint density at radius 1 is 1.03 bits per heavy atom. The fraction of sp³-hybridized carbons (Fsp3) is 0.481. The molecule has 1 aliphatic carbocycles. The number of carbonyl (C=O) groups is 2. The van der Waals surface area contributed by atoms with Crippen LogP contribution in [0, 0.1) is 11.8 Å². The van der Waals surface area contributed by atoms with Crippen molar-refractivity contribution in [2.24, 2.45) is 11.8 Å². The molecule has 5 nitrogen and oxygen atoms in total. The first-order valence-electron chi connectivity index (χ1n) is 11.7. The fourth-order valence-corrected chi connectivity index (χ4v) is 6.15. The Labute approximate surface area is 211 Å². The Balaban J connectivity index is 1.77. The number of imide groups is 1. The third kappa shape index (κ3) is 4.65. The van der Waals surface area contributed by atoms with Crippen LogP contribution in [-0.4, -0.2) is 35.7 Å². The summed E-state index contributed by atoms with van der Waals surface area (Å²) >= 11 is 12.9. The Bertz CT molecular complexity index is 1080. The molecule has 2 amide bonds. The lowest BCUT2D eigenvalue weighted by Gasteiger charge is -2.41. The number of fused-ring (bicyclic) bond motifs is 1. The van der Waals surface area contributed by atoms with E-state index >= 15 is 0 Å². The van der Waals surface area contributed by atoms with Gasteiger partial charge in [-0.15, -0.1) is 0 Å². The molecule has 2 aromatic carbocycles. The maximum Gasteiger partial charge on any atom is 0.417 e. The van der Waals surface area contributed by atoms with Crippen LogP contribution in [0.1, 0.15) is 63.5 Å². The summed E-state index contributed by atoms with van der Waals surface area (Å²) in [5.41, 5.74) is 1.43. The van der Waals surface area contributed by atoms with E-state index in [1.54, 1.807) is 27.9 Å². The Morgan fingerprint density at radius 3 is 2.26 bits per heavy atom. The van der Waals surface area contributed by atoms with E-state index in [0.29, 0.717) is 22.2 Å². The predicted molar refractivity (Wildman–Crippen MR) is 134 cm³/mol. The van der Waals surface area contributed by atoms with Gasteiger partial charge in [-0.1, -0.05) is 41.4 Å². The molecule has 0 bridgehead atoms. The van der Waals surface area contributed by atoms with E-state index in [1.807, 2.05) is 49.4 Å². The molecule has 34 heavy (non-hydrogen) atoms. The van der Waals surface area contributed by atoms with Crippen molar-refractivity contribution in [3.8, 4) is 5.75 Å². The average molecular weight is 504 g/mol. The predicted octanol–water partition coefficient (Wildman–Crippen LogP) is 7.06. The molecule has 0 spiro atoms. The van der Waals surface area contributed by atoms with E-state index in [0.717, 1.165) is 17.5 Å². The molecule has 1 aliphatic heterocycles. The van der Waals surface area contributed by atoms with Crippen LogP contribution in [0.25, 0.3) is 0 Å². The second-order valence-electron chi connectivity index (χ2n) is 10.3. The first-order valence-corrected chi connectivity index (χ1v) is 12.4. The van der Waals surface area contributed by atoms with E-state index in [4.69, 9.17) is 32.7 Å². The van der Waals surface area contributed by atoms with E-state index < -0.39 is 11.7 Å². The van der Waals surface area contributed by atoms with Gasteiger partial charge in [-0.25, -0.2) is 9.69 Å². The first-order chi connectivity index (χ1) is 16.0. The van der Waals surface area contributed by atoms with Gasteiger partial charge in [0.1, 0.15) is 11.4 Å². The van der Waals surface area contributed by atoms with Gasteiger partial charge in [0.15, 0.2) is 0 Å². The lowest BCUT2D eigenvalue weighted by Crippen LogP contribution is -2.43. The number of hydrogen-bond donors (Lipinski definition) is 0. The molecule has 1 saturated carbocycles. The summed E-state index contributed by atoms with van der Waals surface area (Å²) in [6, 6.07) is 13.2. The van der Waals surface area contributed by atoms with Crippen molar-refractivity contribution in [3.05, 3.63) is 63.6 Å².